The molecule has 3 amide bonds. The van der Waals surface area contributed by atoms with Crippen molar-refractivity contribution in [1.82, 2.24) is 4.90 Å². The van der Waals surface area contributed by atoms with E-state index in [1.165, 1.54) is 41.3 Å². The number of hydrogen-bond donors (Lipinski definition) is 2. The monoisotopic (exact) mass is 527 g/mol. The summed E-state index contributed by atoms with van der Waals surface area (Å²) in [5.74, 6) is -1.72. The van der Waals surface area contributed by atoms with Gasteiger partial charge in [0.1, 0.15) is 11.6 Å². The molecule has 0 aliphatic carbocycles. The quantitative estimate of drug-likeness (QED) is 0.313. The molecule has 0 bridgehead atoms. The molecule has 1 aliphatic heterocycles. The van der Waals surface area contributed by atoms with Crippen LogP contribution in [-0.4, -0.2) is 28.8 Å². The van der Waals surface area contributed by atoms with Crippen molar-refractivity contribution in [3.63, 3.8) is 0 Å². The van der Waals surface area contributed by atoms with Crippen LogP contribution in [0, 0.1) is 11.6 Å². The maximum atomic E-state index is 13.5. The largest absolute Gasteiger partial charge is 0.438 e. The van der Waals surface area contributed by atoms with Crippen molar-refractivity contribution < 1.29 is 27.9 Å². The van der Waals surface area contributed by atoms with Crippen molar-refractivity contribution in [2.75, 3.05) is 10.6 Å². The van der Waals surface area contributed by atoms with Crippen LogP contribution in [0.3, 0.4) is 0 Å². The summed E-state index contributed by atoms with van der Waals surface area (Å²) >= 11 is 0. The SMILES string of the molecule is O=C(Nc1ccc([C@H]2OC(=O)N(Cc3ccc(F)cc3)[C@@H]2C(=O)Nc2ccccc2)cc1)c1ccc(F)cc1. The fourth-order valence-corrected chi connectivity index (χ4v) is 4.29. The highest BCUT2D eigenvalue weighted by molar-refractivity contribution is 6.04. The first kappa shape index (κ1) is 25.6. The van der Waals surface area contributed by atoms with Crippen LogP contribution in [0.15, 0.2) is 103 Å². The molecular formula is C30H23F2N3O4. The number of para-hydroxylation sites is 1. The fraction of sp³-hybridized carbons (Fsp3) is 0.100. The number of nitrogens with one attached hydrogen (secondary N) is 2. The molecular weight excluding hydrogens is 504 g/mol. The van der Waals surface area contributed by atoms with Gasteiger partial charge in [-0.1, -0.05) is 42.5 Å². The van der Waals surface area contributed by atoms with Crippen molar-refractivity contribution in [3.8, 4) is 0 Å². The van der Waals surface area contributed by atoms with Crippen LogP contribution in [0.5, 0.6) is 0 Å². The standard InChI is InChI=1S/C30H23F2N3O4/c31-22-12-6-19(7-13-22)18-35-26(29(37)34-24-4-2-1-3-5-24)27(39-30(35)38)20-10-16-25(17-11-20)33-28(36)21-8-14-23(32)15-9-21/h1-17,26-27H,18H2,(H,33,36)(H,34,37)/t26-,27+/m0/s1. The molecule has 1 aliphatic rings. The Morgan fingerprint density at radius 1 is 0.744 bits per heavy atom. The van der Waals surface area contributed by atoms with Crippen molar-refractivity contribution in [2.45, 2.75) is 18.7 Å². The number of benzene rings is 4. The minimum Gasteiger partial charge on any atom is -0.438 e. The van der Waals surface area contributed by atoms with Crippen LogP contribution in [-0.2, 0) is 16.1 Å². The maximum absolute atomic E-state index is 13.5. The molecule has 2 atom stereocenters. The van der Waals surface area contributed by atoms with E-state index in [0.29, 0.717) is 28.1 Å². The summed E-state index contributed by atoms with van der Waals surface area (Å²) < 4.78 is 32.2. The number of cyclic esters (lactones) is 1. The number of carbonyl (C=O) groups excluding carboxylic acids is 3. The normalized spacial score (nSPS) is 16.5. The second kappa shape index (κ2) is 11.1. The lowest BCUT2D eigenvalue weighted by Crippen LogP contribution is -2.43. The fourth-order valence-electron chi connectivity index (χ4n) is 4.29. The number of anilines is 2. The number of halogens is 2. The molecule has 2 N–H and O–H groups in total. The van der Waals surface area contributed by atoms with E-state index in [2.05, 4.69) is 10.6 Å². The van der Waals surface area contributed by atoms with Crippen LogP contribution in [0.2, 0.25) is 0 Å². The lowest BCUT2D eigenvalue weighted by Gasteiger charge is -2.24. The third-order valence-corrected chi connectivity index (χ3v) is 6.26. The molecule has 4 aromatic carbocycles. The lowest BCUT2D eigenvalue weighted by atomic mass is 10.00. The predicted molar refractivity (Wildman–Crippen MR) is 141 cm³/mol. The van der Waals surface area contributed by atoms with Crippen molar-refractivity contribution in [2.24, 2.45) is 0 Å². The molecule has 5 rings (SSSR count). The predicted octanol–water partition coefficient (Wildman–Crippen LogP) is 5.92. The third kappa shape index (κ3) is 5.93. The Bertz CT molecular complexity index is 1480. The molecule has 0 saturated carbocycles. The Hall–Kier alpha value is -5.05. The summed E-state index contributed by atoms with van der Waals surface area (Å²) in [5, 5.41) is 5.56. The summed E-state index contributed by atoms with van der Waals surface area (Å²) in [6.45, 7) is 0.0360. The van der Waals surface area contributed by atoms with Gasteiger partial charge in [-0.15, -0.1) is 0 Å². The highest BCUT2D eigenvalue weighted by Crippen LogP contribution is 2.35. The number of rotatable bonds is 7. The van der Waals surface area contributed by atoms with E-state index in [0.717, 1.165) is 0 Å². The third-order valence-electron chi connectivity index (χ3n) is 6.26. The van der Waals surface area contributed by atoms with E-state index in [1.807, 2.05) is 6.07 Å². The molecule has 1 fully saturated rings. The van der Waals surface area contributed by atoms with Gasteiger partial charge in [0.25, 0.3) is 11.8 Å². The zero-order chi connectivity index (χ0) is 27.4. The van der Waals surface area contributed by atoms with Gasteiger partial charge in [0, 0.05) is 16.9 Å². The minimum atomic E-state index is -1.03. The van der Waals surface area contributed by atoms with E-state index in [-0.39, 0.29) is 6.54 Å². The topological polar surface area (TPSA) is 87.7 Å². The molecule has 196 valence electrons. The Labute approximate surface area is 223 Å². The Morgan fingerprint density at radius 3 is 1.97 bits per heavy atom. The highest BCUT2D eigenvalue weighted by atomic mass is 19.1. The molecule has 39 heavy (non-hydrogen) atoms. The molecule has 4 aromatic rings. The van der Waals surface area contributed by atoms with E-state index in [9.17, 15) is 23.2 Å². The van der Waals surface area contributed by atoms with Crippen LogP contribution < -0.4 is 10.6 Å². The smallest absolute Gasteiger partial charge is 0.411 e. The van der Waals surface area contributed by atoms with Gasteiger partial charge in [-0.2, -0.15) is 0 Å². The molecule has 0 radical (unpaired) electrons. The second-order valence-electron chi connectivity index (χ2n) is 8.94. The molecule has 9 heteroatoms. The zero-order valence-electron chi connectivity index (χ0n) is 20.5. The van der Waals surface area contributed by atoms with Crippen molar-refractivity contribution in [1.29, 1.82) is 0 Å². The van der Waals surface area contributed by atoms with Gasteiger partial charge in [0.05, 0.1) is 6.54 Å². The van der Waals surface area contributed by atoms with E-state index >= 15 is 0 Å². The van der Waals surface area contributed by atoms with Crippen LogP contribution in [0.25, 0.3) is 0 Å². The van der Waals surface area contributed by atoms with Crippen molar-refractivity contribution in [3.05, 3.63) is 131 Å². The van der Waals surface area contributed by atoms with Crippen LogP contribution in [0.1, 0.15) is 27.6 Å². The Morgan fingerprint density at radius 2 is 1.33 bits per heavy atom. The zero-order valence-corrected chi connectivity index (χ0v) is 20.5. The Kier molecular flexibility index (Phi) is 7.31. The van der Waals surface area contributed by atoms with E-state index in [4.69, 9.17) is 4.74 Å². The number of nitrogens with zero attached hydrogens (tertiary/aromatic N) is 1. The highest BCUT2D eigenvalue weighted by Gasteiger charge is 2.47. The average molecular weight is 528 g/mol. The molecule has 7 nitrogen and oxygen atoms in total. The second-order valence-corrected chi connectivity index (χ2v) is 8.94. The number of ether oxygens (including phenoxy) is 1. The van der Waals surface area contributed by atoms with Gasteiger partial charge in [0.2, 0.25) is 0 Å². The molecule has 1 saturated heterocycles. The van der Waals surface area contributed by atoms with Gasteiger partial charge in [-0.3, -0.25) is 14.5 Å². The van der Waals surface area contributed by atoms with Gasteiger partial charge < -0.3 is 15.4 Å². The maximum Gasteiger partial charge on any atom is 0.411 e. The van der Waals surface area contributed by atoms with Gasteiger partial charge in [0.15, 0.2) is 12.1 Å². The van der Waals surface area contributed by atoms with Crippen molar-refractivity contribution >= 4 is 29.3 Å². The summed E-state index contributed by atoms with van der Waals surface area (Å²) in [4.78, 5) is 40.2. The van der Waals surface area contributed by atoms with E-state index in [1.54, 1.807) is 60.7 Å². The molecule has 0 aromatic heterocycles. The number of hydrogen-bond acceptors (Lipinski definition) is 4. The van der Waals surface area contributed by atoms with Crippen LogP contribution in [0.4, 0.5) is 25.0 Å². The minimum absolute atomic E-state index is 0.0360. The molecule has 0 unspecified atom stereocenters. The number of amides is 3. The van der Waals surface area contributed by atoms with Gasteiger partial charge in [-0.25, -0.2) is 13.6 Å². The van der Waals surface area contributed by atoms with Gasteiger partial charge in [-0.05, 0) is 71.8 Å². The first-order valence-electron chi connectivity index (χ1n) is 12.1. The first-order valence-corrected chi connectivity index (χ1v) is 12.1. The van der Waals surface area contributed by atoms with Crippen LogP contribution >= 0.6 is 0 Å². The van der Waals surface area contributed by atoms with Gasteiger partial charge >= 0.3 is 6.09 Å². The average Bonchev–Trinajstić information content (AvgIpc) is 3.27. The summed E-state index contributed by atoms with van der Waals surface area (Å²) in [7, 11) is 0. The lowest BCUT2D eigenvalue weighted by molar-refractivity contribution is -0.121. The first-order chi connectivity index (χ1) is 18.9. The molecule has 0 spiro atoms. The van der Waals surface area contributed by atoms with E-state index < -0.39 is 41.7 Å². The summed E-state index contributed by atoms with van der Waals surface area (Å²) in [5.41, 5.74) is 2.48. The summed E-state index contributed by atoms with van der Waals surface area (Å²) in [6.07, 6.45) is -1.63. The Balaban J connectivity index is 1.38. The molecule has 1 heterocycles. The summed E-state index contributed by atoms with van der Waals surface area (Å²) in [6, 6.07) is 25.2. The number of carbonyl (C=O) groups is 3.